The smallest absolute Gasteiger partial charge is 0.201 e. The van der Waals surface area contributed by atoms with Crippen LogP contribution in [-0.2, 0) is 6.54 Å². The lowest BCUT2D eigenvalue weighted by Crippen LogP contribution is -2.01. The fourth-order valence-electron chi connectivity index (χ4n) is 2.49. The fourth-order valence-corrected chi connectivity index (χ4v) is 2.49. The number of H-pyrrole nitrogens is 1. The van der Waals surface area contributed by atoms with Crippen LogP contribution in [-0.4, -0.2) is 15.0 Å². The van der Waals surface area contributed by atoms with E-state index in [9.17, 15) is 4.39 Å². The van der Waals surface area contributed by atoms with E-state index in [1.807, 2.05) is 30.3 Å². The van der Waals surface area contributed by atoms with E-state index in [-0.39, 0.29) is 5.75 Å². The first kappa shape index (κ1) is 15.1. The first-order valence-corrected chi connectivity index (χ1v) is 7.83. The number of hydrogen-bond acceptors (Lipinski definition) is 4. The molecule has 4 aromatic rings. The summed E-state index contributed by atoms with van der Waals surface area (Å²) >= 11 is 0. The van der Waals surface area contributed by atoms with Crippen molar-refractivity contribution in [3.05, 3.63) is 78.4 Å². The number of rotatable bonds is 5. The summed E-state index contributed by atoms with van der Waals surface area (Å²) in [5, 5.41) is 3.16. The Morgan fingerprint density at radius 1 is 1.08 bits per heavy atom. The summed E-state index contributed by atoms with van der Waals surface area (Å²) in [4.78, 5) is 11.5. The van der Waals surface area contributed by atoms with Crippen molar-refractivity contribution in [2.24, 2.45) is 0 Å². The molecule has 0 saturated heterocycles. The normalized spacial score (nSPS) is 10.8. The molecule has 0 unspecified atom stereocenters. The van der Waals surface area contributed by atoms with Crippen molar-refractivity contribution in [2.75, 3.05) is 5.32 Å². The molecule has 2 aromatic heterocycles. The Balaban J connectivity index is 1.45. The van der Waals surface area contributed by atoms with Crippen LogP contribution in [0.2, 0.25) is 0 Å². The zero-order chi connectivity index (χ0) is 17.1. The van der Waals surface area contributed by atoms with Gasteiger partial charge >= 0.3 is 0 Å². The van der Waals surface area contributed by atoms with Crippen LogP contribution < -0.4 is 10.1 Å². The maximum atomic E-state index is 14.2. The number of benzene rings is 2. The maximum absolute atomic E-state index is 14.2. The Bertz CT molecular complexity index is 968. The largest absolute Gasteiger partial charge is 0.453 e. The average Bonchev–Trinajstić information content (AvgIpc) is 3.06. The van der Waals surface area contributed by atoms with E-state index in [0.717, 1.165) is 16.6 Å². The minimum Gasteiger partial charge on any atom is -0.453 e. The third-order valence-corrected chi connectivity index (χ3v) is 3.71. The van der Waals surface area contributed by atoms with Gasteiger partial charge in [0.15, 0.2) is 11.6 Å². The summed E-state index contributed by atoms with van der Waals surface area (Å²) in [5.74, 6) is 0.889. The Kier molecular flexibility index (Phi) is 4.00. The van der Waals surface area contributed by atoms with Gasteiger partial charge in [-0.05, 0) is 42.0 Å². The third-order valence-electron chi connectivity index (χ3n) is 3.71. The van der Waals surface area contributed by atoms with E-state index in [1.54, 1.807) is 24.4 Å². The van der Waals surface area contributed by atoms with Crippen molar-refractivity contribution >= 4 is 17.0 Å². The number of nitrogens with one attached hydrogen (secondary N) is 2. The number of hydrogen-bond donors (Lipinski definition) is 2. The number of nitrogens with zero attached hydrogens (tertiary/aromatic N) is 2. The van der Waals surface area contributed by atoms with E-state index < -0.39 is 5.82 Å². The molecular weight excluding hydrogens is 319 g/mol. The fraction of sp³-hybridized carbons (Fsp3) is 0.0526. The van der Waals surface area contributed by atoms with Gasteiger partial charge in [0.25, 0.3) is 0 Å². The topological polar surface area (TPSA) is 62.8 Å². The number of halogens is 1. The second kappa shape index (κ2) is 6.60. The highest BCUT2D eigenvalue weighted by Crippen LogP contribution is 2.24. The number of ether oxygens (including phenoxy) is 1. The van der Waals surface area contributed by atoms with Gasteiger partial charge < -0.3 is 15.0 Å². The Hall–Kier alpha value is -3.41. The summed E-state index contributed by atoms with van der Waals surface area (Å²) in [7, 11) is 0. The van der Waals surface area contributed by atoms with Crippen LogP contribution in [0.4, 0.5) is 10.3 Å². The van der Waals surface area contributed by atoms with Gasteiger partial charge in [-0.15, -0.1) is 0 Å². The molecule has 0 aliphatic heterocycles. The van der Waals surface area contributed by atoms with Gasteiger partial charge in [0.2, 0.25) is 5.95 Å². The quantitative estimate of drug-likeness (QED) is 0.564. The van der Waals surface area contributed by atoms with E-state index in [4.69, 9.17) is 4.74 Å². The summed E-state index contributed by atoms with van der Waals surface area (Å²) in [5.41, 5.74) is 2.63. The molecular formula is C19H15FN4O. The second-order valence-corrected chi connectivity index (χ2v) is 5.51. The van der Waals surface area contributed by atoms with Crippen LogP contribution in [0.15, 0.2) is 67.0 Å². The number of fused-ring (bicyclic) bond motifs is 1. The molecule has 5 nitrogen and oxygen atoms in total. The van der Waals surface area contributed by atoms with Crippen molar-refractivity contribution in [1.29, 1.82) is 0 Å². The molecule has 0 fully saturated rings. The van der Waals surface area contributed by atoms with Gasteiger partial charge in [-0.3, -0.25) is 4.98 Å². The number of imidazole rings is 1. The van der Waals surface area contributed by atoms with Gasteiger partial charge in [-0.2, -0.15) is 0 Å². The van der Waals surface area contributed by atoms with Crippen molar-refractivity contribution < 1.29 is 9.13 Å². The number of aromatic nitrogens is 3. The van der Waals surface area contributed by atoms with Gasteiger partial charge in [-0.25, -0.2) is 9.37 Å². The third kappa shape index (κ3) is 3.42. The van der Waals surface area contributed by atoms with E-state index in [0.29, 0.717) is 18.2 Å². The average molecular weight is 334 g/mol. The Morgan fingerprint density at radius 3 is 2.80 bits per heavy atom. The molecule has 0 saturated carbocycles. The molecule has 0 bridgehead atoms. The first-order valence-electron chi connectivity index (χ1n) is 7.83. The van der Waals surface area contributed by atoms with Crippen molar-refractivity contribution in [3.63, 3.8) is 0 Å². The SMILES string of the molecule is Fc1cc(CNc2nc3ccccc3[nH]2)ccc1Oc1cccnc1. The molecule has 6 heteroatoms. The van der Waals surface area contributed by atoms with Gasteiger partial charge in [0.1, 0.15) is 5.75 Å². The second-order valence-electron chi connectivity index (χ2n) is 5.51. The summed E-state index contributed by atoms with van der Waals surface area (Å²) < 4.78 is 19.7. The van der Waals surface area contributed by atoms with Crippen LogP contribution in [0.5, 0.6) is 11.5 Å². The lowest BCUT2D eigenvalue weighted by molar-refractivity contribution is 0.440. The van der Waals surface area contributed by atoms with E-state index >= 15 is 0 Å². The highest BCUT2D eigenvalue weighted by atomic mass is 19.1. The Labute approximate surface area is 143 Å². The molecule has 0 atom stereocenters. The highest BCUT2D eigenvalue weighted by molar-refractivity contribution is 5.77. The van der Waals surface area contributed by atoms with Crippen LogP contribution in [0.1, 0.15) is 5.56 Å². The maximum Gasteiger partial charge on any atom is 0.201 e. The summed E-state index contributed by atoms with van der Waals surface area (Å²) in [6.07, 6.45) is 3.17. The van der Waals surface area contributed by atoms with E-state index in [2.05, 4.69) is 20.3 Å². The number of pyridine rings is 1. The number of para-hydroxylation sites is 2. The standard InChI is InChI=1S/C19H15FN4O/c20-15-10-13(7-8-18(15)25-14-4-3-9-21-12-14)11-22-19-23-16-5-1-2-6-17(16)24-19/h1-10,12H,11H2,(H2,22,23,24). The number of aromatic amines is 1. The minimum atomic E-state index is -0.423. The summed E-state index contributed by atoms with van der Waals surface area (Å²) in [6, 6.07) is 16.1. The van der Waals surface area contributed by atoms with Crippen molar-refractivity contribution in [2.45, 2.75) is 6.54 Å². The molecule has 0 aliphatic carbocycles. The zero-order valence-corrected chi connectivity index (χ0v) is 13.2. The molecule has 0 radical (unpaired) electrons. The molecule has 0 amide bonds. The predicted octanol–water partition coefficient (Wildman–Crippen LogP) is 4.50. The van der Waals surface area contributed by atoms with Gasteiger partial charge in [0.05, 0.1) is 17.2 Å². The summed E-state index contributed by atoms with van der Waals surface area (Å²) in [6.45, 7) is 0.448. The highest BCUT2D eigenvalue weighted by Gasteiger charge is 2.07. The van der Waals surface area contributed by atoms with Crippen LogP contribution >= 0.6 is 0 Å². The predicted molar refractivity (Wildman–Crippen MR) is 94.1 cm³/mol. The lowest BCUT2D eigenvalue weighted by atomic mass is 10.2. The van der Waals surface area contributed by atoms with Crippen LogP contribution in [0, 0.1) is 5.82 Å². The number of anilines is 1. The van der Waals surface area contributed by atoms with Gasteiger partial charge in [0, 0.05) is 12.7 Å². The Morgan fingerprint density at radius 2 is 2.00 bits per heavy atom. The van der Waals surface area contributed by atoms with Crippen molar-refractivity contribution in [3.8, 4) is 11.5 Å². The van der Waals surface area contributed by atoms with Crippen molar-refractivity contribution in [1.82, 2.24) is 15.0 Å². The molecule has 2 aromatic carbocycles. The monoisotopic (exact) mass is 334 g/mol. The molecule has 0 aliphatic rings. The zero-order valence-electron chi connectivity index (χ0n) is 13.2. The van der Waals surface area contributed by atoms with Crippen LogP contribution in [0.25, 0.3) is 11.0 Å². The van der Waals surface area contributed by atoms with Gasteiger partial charge in [-0.1, -0.05) is 18.2 Å². The van der Waals surface area contributed by atoms with Crippen LogP contribution in [0.3, 0.4) is 0 Å². The molecule has 0 spiro atoms. The molecule has 4 rings (SSSR count). The molecule has 124 valence electrons. The lowest BCUT2D eigenvalue weighted by Gasteiger charge is -2.08. The van der Waals surface area contributed by atoms with E-state index in [1.165, 1.54) is 12.3 Å². The molecule has 2 N–H and O–H groups in total. The first-order chi connectivity index (χ1) is 12.3. The molecule has 2 heterocycles. The molecule has 25 heavy (non-hydrogen) atoms. The minimum absolute atomic E-state index is 0.167.